The topological polar surface area (TPSA) is 23.1 Å². The van der Waals surface area contributed by atoms with E-state index >= 15 is 0 Å². The van der Waals surface area contributed by atoms with Gasteiger partial charge in [-0.05, 0) is 11.0 Å². The molecule has 1 aromatic carbocycles. The first-order valence-corrected chi connectivity index (χ1v) is 3.78. The van der Waals surface area contributed by atoms with E-state index in [1.807, 2.05) is 12.1 Å². The molecule has 11 heavy (non-hydrogen) atoms. The van der Waals surface area contributed by atoms with Gasteiger partial charge in [0, 0.05) is 0 Å². The lowest BCUT2D eigenvalue weighted by Crippen LogP contribution is -2.11. The molecule has 60 valence electrons. The predicted molar refractivity (Wildman–Crippen MR) is 44.6 cm³/mol. The van der Waals surface area contributed by atoms with Gasteiger partial charge in [0.2, 0.25) is 0 Å². The Morgan fingerprint density at radius 2 is 1.82 bits per heavy atom. The summed E-state index contributed by atoms with van der Waals surface area (Å²) in [6.45, 7) is 6.30. The monoisotopic (exact) mass is 149 g/mol. The molecule has 0 N–H and O–H groups in total. The zero-order valence-electron chi connectivity index (χ0n) is 7.22. The van der Waals surface area contributed by atoms with Crippen LogP contribution in [0.1, 0.15) is 26.3 Å². The zero-order chi connectivity index (χ0) is 8.48. The minimum atomic E-state index is 0.0837. The predicted octanol–water partition coefficient (Wildman–Crippen LogP) is 2.06. The number of benzene rings is 1. The van der Waals surface area contributed by atoms with Gasteiger partial charge in [-0.15, -0.1) is 5.75 Å². The van der Waals surface area contributed by atoms with Crippen LogP contribution in [-0.2, 0) is 5.41 Å². The van der Waals surface area contributed by atoms with Crippen LogP contribution in [0.15, 0.2) is 24.3 Å². The van der Waals surface area contributed by atoms with Crippen LogP contribution in [0, 0.1) is 0 Å². The van der Waals surface area contributed by atoms with Gasteiger partial charge in [-0.1, -0.05) is 45.0 Å². The number of rotatable bonds is 0. The molecule has 0 spiro atoms. The van der Waals surface area contributed by atoms with Crippen molar-refractivity contribution in [2.45, 2.75) is 26.2 Å². The van der Waals surface area contributed by atoms with Crippen LogP contribution in [-0.4, -0.2) is 0 Å². The fourth-order valence-electron chi connectivity index (χ4n) is 0.963. The average molecular weight is 149 g/mol. The molecule has 1 rings (SSSR count). The Balaban J connectivity index is 3.06. The summed E-state index contributed by atoms with van der Waals surface area (Å²) < 4.78 is 0. The van der Waals surface area contributed by atoms with Gasteiger partial charge in [0.05, 0.1) is 0 Å². The van der Waals surface area contributed by atoms with Gasteiger partial charge in [-0.3, -0.25) is 0 Å². The molecule has 0 aliphatic heterocycles. The van der Waals surface area contributed by atoms with Crippen molar-refractivity contribution >= 4 is 0 Å². The smallest absolute Gasteiger partial charge is 0.0132 e. The molecule has 0 amide bonds. The van der Waals surface area contributed by atoms with E-state index < -0.39 is 0 Å². The maximum atomic E-state index is 10.9. The summed E-state index contributed by atoms with van der Waals surface area (Å²) in [6.07, 6.45) is 0. The highest BCUT2D eigenvalue weighted by molar-refractivity contribution is 5.30. The third kappa shape index (κ3) is 1.97. The maximum absolute atomic E-state index is 10.9. The number of hydrogen-bond acceptors (Lipinski definition) is 1. The van der Waals surface area contributed by atoms with E-state index in [-0.39, 0.29) is 11.2 Å². The van der Waals surface area contributed by atoms with Crippen molar-refractivity contribution < 1.29 is 5.11 Å². The molecule has 0 fully saturated rings. The first-order valence-electron chi connectivity index (χ1n) is 3.78. The molecule has 0 aliphatic carbocycles. The second kappa shape index (κ2) is 2.57. The Morgan fingerprint density at radius 1 is 1.18 bits per heavy atom. The molecule has 1 nitrogen and oxygen atoms in total. The first-order chi connectivity index (χ1) is 5.00. The molecule has 0 aromatic heterocycles. The van der Waals surface area contributed by atoms with Gasteiger partial charge in [-0.2, -0.15) is 0 Å². The van der Waals surface area contributed by atoms with Crippen molar-refractivity contribution in [2.75, 3.05) is 0 Å². The van der Waals surface area contributed by atoms with Gasteiger partial charge < -0.3 is 5.11 Å². The second-order valence-corrected chi connectivity index (χ2v) is 3.78. The van der Waals surface area contributed by atoms with Crippen molar-refractivity contribution in [1.82, 2.24) is 0 Å². The molecule has 1 heteroatoms. The Hall–Kier alpha value is -0.980. The van der Waals surface area contributed by atoms with E-state index in [0.717, 1.165) is 5.56 Å². The van der Waals surface area contributed by atoms with Crippen molar-refractivity contribution in [3.05, 3.63) is 29.8 Å². The quantitative estimate of drug-likeness (QED) is 0.553. The first kappa shape index (κ1) is 8.12. The van der Waals surface area contributed by atoms with Crippen LogP contribution in [0.5, 0.6) is 5.75 Å². The van der Waals surface area contributed by atoms with Crippen LogP contribution in [0.3, 0.4) is 0 Å². The van der Waals surface area contributed by atoms with Crippen molar-refractivity contribution in [3.8, 4) is 5.75 Å². The van der Waals surface area contributed by atoms with Gasteiger partial charge in [0.1, 0.15) is 0 Å². The summed E-state index contributed by atoms with van der Waals surface area (Å²) in [4.78, 5) is 0. The summed E-state index contributed by atoms with van der Waals surface area (Å²) in [5.74, 6) is 0.0948. The van der Waals surface area contributed by atoms with Crippen LogP contribution in [0.25, 0.3) is 0 Å². The number of hydrogen-bond donors (Lipinski definition) is 0. The molecule has 0 saturated carbocycles. The summed E-state index contributed by atoms with van der Waals surface area (Å²) >= 11 is 0. The highest BCUT2D eigenvalue weighted by atomic mass is 16.3. The lowest BCUT2D eigenvalue weighted by molar-refractivity contribution is -0.268. The molecule has 1 aromatic rings. The molecule has 0 aliphatic rings. The van der Waals surface area contributed by atoms with E-state index in [2.05, 4.69) is 20.8 Å². The fraction of sp³-hybridized carbons (Fsp3) is 0.400. The van der Waals surface area contributed by atoms with E-state index in [9.17, 15) is 5.11 Å². The van der Waals surface area contributed by atoms with Crippen molar-refractivity contribution in [3.63, 3.8) is 0 Å². The standard InChI is InChI=1S/C10H14O/c1-10(2,3)8-5-4-6-9(11)7-8/h4-7,11H,1-3H3/p-1. The van der Waals surface area contributed by atoms with E-state index in [1.54, 1.807) is 12.1 Å². The van der Waals surface area contributed by atoms with Crippen LogP contribution < -0.4 is 5.11 Å². The largest absolute Gasteiger partial charge is 0.872 e. The lowest BCUT2D eigenvalue weighted by Gasteiger charge is -2.20. The minimum absolute atomic E-state index is 0.0837. The van der Waals surface area contributed by atoms with Crippen LogP contribution >= 0.6 is 0 Å². The minimum Gasteiger partial charge on any atom is -0.872 e. The van der Waals surface area contributed by atoms with Crippen molar-refractivity contribution in [2.24, 2.45) is 0 Å². The van der Waals surface area contributed by atoms with Gasteiger partial charge in [0.25, 0.3) is 0 Å². The second-order valence-electron chi connectivity index (χ2n) is 3.78. The summed E-state index contributed by atoms with van der Waals surface area (Å²) in [6, 6.07) is 7.07. The molecule has 0 unspecified atom stereocenters. The normalized spacial score (nSPS) is 11.5. The summed E-state index contributed by atoms with van der Waals surface area (Å²) in [5, 5.41) is 10.9. The SMILES string of the molecule is CC(C)(C)c1cccc([O-])c1. The third-order valence-electron chi connectivity index (χ3n) is 1.70. The fourth-order valence-corrected chi connectivity index (χ4v) is 0.963. The average Bonchev–Trinajstić information content (AvgIpc) is 1.86. The van der Waals surface area contributed by atoms with E-state index in [1.165, 1.54) is 0 Å². The zero-order valence-corrected chi connectivity index (χ0v) is 7.22. The molecule has 0 atom stereocenters. The molecular formula is C10H13O-. The van der Waals surface area contributed by atoms with Gasteiger partial charge in [-0.25, -0.2) is 0 Å². The Kier molecular flexibility index (Phi) is 1.90. The maximum Gasteiger partial charge on any atom is -0.0132 e. The molecule has 0 saturated heterocycles. The van der Waals surface area contributed by atoms with E-state index in [4.69, 9.17) is 0 Å². The Labute approximate surface area is 67.7 Å². The Bertz CT molecular complexity index is 245. The molecular weight excluding hydrogens is 136 g/mol. The highest BCUT2D eigenvalue weighted by Crippen LogP contribution is 2.23. The lowest BCUT2D eigenvalue weighted by atomic mass is 9.87. The van der Waals surface area contributed by atoms with Crippen LogP contribution in [0.2, 0.25) is 0 Å². The summed E-state index contributed by atoms with van der Waals surface area (Å²) in [5.41, 5.74) is 1.19. The molecule has 0 bridgehead atoms. The Morgan fingerprint density at radius 3 is 2.18 bits per heavy atom. The van der Waals surface area contributed by atoms with E-state index in [0.29, 0.717) is 0 Å². The van der Waals surface area contributed by atoms with Gasteiger partial charge in [0.15, 0.2) is 0 Å². The highest BCUT2D eigenvalue weighted by Gasteiger charge is 2.11. The third-order valence-corrected chi connectivity index (χ3v) is 1.70. The molecule has 0 radical (unpaired) electrons. The molecule has 0 heterocycles. The van der Waals surface area contributed by atoms with Crippen molar-refractivity contribution in [1.29, 1.82) is 0 Å². The summed E-state index contributed by atoms with van der Waals surface area (Å²) in [7, 11) is 0. The van der Waals surface area contributed by atoms with Gasteiger partial charge >= 0.3 is 0 Å². The van der Waals surface area contributed by atoms with Crippen LogP contribution in [0.4, 0.5) is 0 Å².